The Morgan fingerprint density at radius 1 is 1.58 bits per heavy atom. The van der Waals surface area contributed by atoms with Crippen LogP contribution in [0.15, 0.2) is 11.2 Å². The molecule has 0 saturated carbocycles. The summed E-state index contributed by atoms with van der Waals surface area (Å²) in [4.78, 5) is 18.8. The number of nitrogens with two attached hydrogens (primary N) is 1. The van der Waals surface area contributed by atoms with E-state index < -0.39 is 5.91 Å². The number of hydrogen-bond donors (Lipinski definition) is 1. The first-order chi connectivity index (χ1) is 5.63. The molecule has 1 heterocycles. The third-order valence-electron chi connectivity index (χ3n) is 1.27. The van der Waals surface area contributed by atoms with E-state index >= 15 is 0 Å². The van der Waals surface area contributed by atoms with Crippen molar-refractivity contribution in [3.63, 3.8) is 0 Å². The molecule has 64 valence electrons. The standard InChI is InChI=1S/C7H9N3OS/c1-4-3-5(6(8)11)10-7(9-4)12-2/h3H,1-2H3,(H2,8,11). The lowest BCUT2D eigenvalue weighted by atomic mass is 10.3. The largest absolute Gasteiger partial charge is 0.364 e. The highest BCUT2D eigenvalue weighted by Gasteiger charge is 2.05. The maximum Gasteiger partial charge on any atom is 0.267 e. The Kier molecular flexibility index (Phi) is 2.65. The van der Waals surface area contributed by atoms with Crippen molar-refractivity contribution in [1.29, 1.82) is 0 Å². The molecule has 0 aliphatic heterocycles. The molecule has 0 spiro atoms. The van der Waals surface area contributed by atoms with Crippen molar-refractivity contribution in [3.05, 3.63) is 17.5 Å². The van der Waals surface area contributed by atoms with E-state index in [0.29, 0.717) is 5.16 Å². The number of aryl methyl sites for hydroxylation is 1. The van der Waals surface area contributed by atoms with E-state index in [1.807, 2.05) is 6.26 Å². The van der Waals surface area contributed by atoms with E-state index in [9.17, 15) is 4.79 Å². The first-order valence-electron chi connectivity index (χ1n) is 3.33. The lowest BCUT2D eigenvalue weighted by molar-refractivity contribution is 0.0994. The average molecular weight is 183 g/mol. The Morgan fingerprint density at radius 2 is 2.25 bits per heavy atom. The minimum atomic E-state index is -0.518. The number of primary amides is 1. The highest BCUT2D eigenvalue weighted by Crippen LogP contribution is 2.09. The predicted molar refractivity (Wildman–Crippen MR) is 47.1 cm³/mol. The van der Waals surface area contributed by atoms with Gasteiger partial charge in [-0.1, -0.05) is 11.8 Å². The van der Waals surface area contributed by atoms with Gasteiger partial charge in [-0.15, -0.1) is 0 Å². The van der Waals surface area contributed by atoms with Crippen LogP contribution < -0.4 is 5.73 Å². The van der Waals surface area contributed by atoms with Gasteiger partial charge in [0.25, 0.3) is 5.91 Å². The first kappa shape index (κ1) is 8.99. The second-order valence-electron chi connectivity index (χ2n) is 2.25. The summed E-state index contributed by atoms with van der Waals surface area (Å²) < 4.78 is 0. The van der Waals surface area contributed by atoms with Crippen LogP contribution in [0.3, 0.4) is 0 Å². The number of aromatic nitrogens is 2. The van der Waals surface area contributed by atoms with Crippen molar-refractivity contribution >= 4 is 17.7 Å². The van der Waals surface area contributed by atoms with Crippen molar-refractivity contribution < 1.29 is 4.79 Å². The molecule has 5 heteroatoms. The van der Waals surface area contributed by atoms with Crippen LogP contribution in [0.4, 0.5) is 0 Å². The van der Waals surface area contributed by atoms with Gasteiger partial charge in [-0.3, -0.25) is 4.79 Å². The van der Waals surface area contributed by atoms with Crippen LogP contribution in [0.5, 0.6) is 0 Å². The number of hydrogen-bond acceptors (Lipinski definition) is 4. The van der Waals surface area contributed by atoms with Crippen molar-refractivity contribution in [2.75, 3.05) is 6.26 Å². The van der Waals surface area contributed by atoms with Gasteiger partial charge in [0.1, 0.15) is 5.69 Å². The maximum absolute atomic E-state index is 10.7. The van der Waals surface area contributed by atoms with E-state index in [1.165, 1.54) is 11.8 Å². The molecule has 1 amide bonds. The highest BCUT2D eigenvalue weighted by molar-refractivity contribution is 7.98. The Bertz CT molecular complexity index is 314. The molecule has 2 N–H and O–H groups in total. The minimum Gasteiger partial charge on any atom is -0.364 e. The van der Waals surface area contributed by atoms with Gasteiger partial charge < -0.3 is 5.73 Å². The van der Waals surface area contributed by atoms with Gasteiger partial charge in [-0.25, -0.2) is 9.97 Å². The maximum atomic E-state index is 10.7. The molecule has 0 bridgehead atoms. The van der Waals surface area contributed by atoms with Crippen LogP contribution in [0.2, 0.25) is 0 Å². The quantitative estimate of drug-likeness (QED) is 0.538. The van der Waals surface area contributed by atoms with Gasteiger partial charge in [0, 0.05) is 5.69 Å². The summed E-state index contributed by atoms with van der Waals surface area (Å²) in [5.74, 6) is -0.518. The van der Waals surface area contributed by atoms with E-state index in [-0.39, 0.29) is 5.69 Å². The van der Waals surface area contributed by atoms with Gasteiger partial charge in [0.05, 0.1) is 0 Å². The molecule has 4 nitrogen and oxygen atoms in total. The van der Waals surface area contributed by atoms with Gasteiger partial charge in [0.15, 0.2) is 5.16 Å². The van der Waals surface area contributed by atoms with Crippen molar-refractivity contribution in [1.82, 2.24) is 9.97 Å². The fourth-order valence-electron chi connectivity index (χ4n) is 0.759. The van der Waals surface area contributed by atoms with Crippen LogP contribution in [-0.4, -0.2) is 22.1 Å². The summed E-state index contributed by atoms with van der Waals surface area (Å²) >= 11 is 1.38. The van der Waals surface area contributed by atoms with E-state index in [1.54, 1.807) is 13.0 Å². The molecule has 1 aromatic heterocycles. The van der Waals surface area contributed by atoms with Gasteiger partial charge >= 0.3 is 0 Å². The monoisotopic (exact) mass is 183 g/mol. The number of amides is 1. The van der Waals surface area contributed by atoms with Crippen LogP contribution in [0.1, 0.15) is 16.2 Å². The number of carbonyl (C=O) groups excluding carboxylic acids is 1. The second kappa shape index (κ2) is 3.53. The Morgan fingerprint density at radius 3 is 2.75 bits per heavy atom. The number of carbonyl (C=O) groups is 1. The smallest absolute Gasteiger partial charge is 0.267 e. The van der Waals surface area contributed by atoms with Gasteiger partial charge in [-0.2, -0.15) is 0 Å². The number of nitrogens with zero attached hydrogens (tertiary/aromatic N) is 2. The number of rotatable bonds is 2. The summed E-state index contributed by atoms with van der Waals surface area (Å²) in [5.41, 5.74) is 6.09. The SMILES string of the molecule is CSc1nc(C)cc(C(N)=O)n1. The third-order valence-corrected chi connectivity index (χ3v) is 1.82. The molecule has 0 aromatic carbocycles. The molecule has 0 fully saturated rings. The van der Waals surface area contributed by atoms with Gasteiger partial charge in [0.2, 0.25) is 0 Å². The predicted octanol–water partition coefficient (Wildman–Crippen LogP) is 0.606. The summed E-state index contributed by atoms with van der Waals surface area (Å²) in [5, 5.41) is 0.573. The molecule has 0 aliphatic rings. The van der Waals surface area contributed by atoms with Gasteiger partial charge in [-0.05, 0) is 19.2 Å². The Labute approximate surface area is 74.6 Å². The molecular weight excluding hydrogens is 174 g/mol. The summed E-state index contributed by atoms with van der Waals surface area (Å²) in [6, 6.07) is 1.57. The minimum absolute atomic E-state index is 0.270. The van der Waals surface area contributed by atoms with Crippen LogP contribution in [-0.2, 0) is 0 Å². The zero-order chi connectivity index (χ0) is 9.14. The van der Waals surface area contributed by atoms with Crippen LogP contribution in [0, 0.1) is 6.92 Å². The lowest BCUT2D eigenvalue weighted by Crippen LogP contribution is -2.14. The molecule has 0 radical (unpaired) electrons. The Balaban J connectivity index is 3.15. The topological polar surface area (TPSA) is 68.9 Å². The van der Waals surface area contributed by atoms with E-state index in [0.717, 1.165) is 5.69 Å². The third kappa shape index (κ3) is 1.94. The molecular formula is C7H9N3OS. The van der Waals surface area contributed by atoms with E-state index in [4.69, 9.17) is 5.73 Å². The Hall–Kier alpha value is -1.10. The molecule has 12 heavy (non-hydrogen) atoms. The fraction of sp³-hybridized carbons (Fsp3) is 0.286. The summed E-state index contributed by atoms with van der Waals surface area (Å²) in [6.45, 7) is 1.80. The lowest BCUT2D eigenvalue weighted by Gasteiger charge is -1.99. The second-order valence-corrected chi connectivity index (χ2v) is 3.02. The van der Waals surface area contributed by atoms with Crippen LogP contribution in [0.25, 0.3) is 0 Å². The molecule has 1 rings (SSSR count). The molecule has 1 aromatic rings. The average Bonchev–Trinajstić information content (AvgIpc) is 2.03. The molecule has 0 atom stereocenters. The summed E-state index contributed by atoms with van der Waals surface area (Å²) in [6.07, 6.45) is 1.85. The zero-order valence-electron chi connectivity index (χ0n) is 6.87. The van der Waals surface area contributed by atoms with Crippen LogP contribution >= 0.6 is 11.8 Å². The molecule has 0 unspecified atom stereocenters. The number of thioether (sulfide) groups is 1. The first-order valence-corrected chi connectivity index (χ1v) is 4.55. The fourth-order valence-corrected chi connectivity index (χ4v) is 1.18. The molecule has 0 aliphatic carbocycles. The van der Waals surface area contributed by atoms with Crippen molar-refractivity contribution in [3.8, 4) is 0 Å². The zero-order valence-corrected chi connectivity index (χ0v) is 7.68. The molecule has 0 saturated heterocycles. The van der Waals surface area contributed by atoms with Crippen molar-refractivity contribution in [2.45, 2.75) is 12.1 Å². The highest BCUT2D eigenvalue weighted by atomic mass is 32.2. The summed E-state index contributed by atoms with van der Waals surface area (Å²) in [7, 11) is 0. The van der Waals surface area contributed by atoms with Crippen molar-refractivity contribution in [2.24, 2.45) is 5.73 Å². The normalized spacial score (nSPS) is 9.83. The van der Waals surface area contributed by atoms with E-state index in [2.05, 4.69) is 9.97 Å².